The van der Waals surface area contributed by atoms with E-state index in [0.717, 1.165) is 12.2 Å². The van der Waals surface area contributed by atoms with Crippen molar-refractivity contribution in [1.82, 2.24) is 0 Å². The van der Waals surface area contributed by atoms with Crippen molar-refractivity contribution >= 4 is 17.4 Å². The number of halogens is 2. The maximum absolute atomic E-state index is 13.4. The van der Waals surface area contributed by atoms with Gasteiger partial charge in [-0.25, -0.2) is 8.78 Å². The molecular weight excluding hydrogens is 230 g/mol. The summed E-state index contributed by atoms with van der Waals surface area (Å²) in [6.45, 7) is 0.586. The van der Waals surface area contributed by atoms with Crippen LogP contribution in [0.1, 0.15) is 12.0 Å². The van der Waals surface area contributed by atoms with Gasteiger partial charge >= 0.3 is 0 Å². The second-order valence-corrected chi connectivity index (χ2v) is 4.16. The van der Waals surface area contributed by atoms with Crippen LogP contribution in [-0.4, -0.2) is 18.6 Å². The van der Waals surface area contributed by atoms with Crippen molar-refractivity contribution in [3.05, 3.63) is 29.3 Å². The monoisotopic (exact) mass is 242 g/mol. The Kier molecular flexibility index (Phi) is 5.06. The van der Waals surface area contributed by atoms with Crippen LogP contribution in [0.15, 0.2) is 12.1 Å². The van der Waals surface area contributed by atoms with Crippen LogP contribution in [0.2, 0.25) is 0 Å². The SMILES string of the molecule is CSCCCNc1ccc(C#N)c(F)c1F. The van der Waals surface area contributed by atoms with E-state index >= 15 is 0 Å². The third-order valence-corrected chi connectivity index (χ3v) is 2.74. The molecule has 1 aromatic rings. The molecule has 0 radical (unpaired) electrons. The van der Waals surface area contributed by atoms with Crippen molar-refractivity contribution in [2.75, 3.05) is 23.9 Å². The lowest BCUT2D eigenvalue weighted by Gasteiger charge is -2.07. The Hall–Kier alpha value is -1.28. The van der Waals surface area contributed by atoms with Crippen LogP contribution in [0.3, 0.4) is 0 Å². The molecule has 5 heteroatoms. The molecule has 2 nitrogen and oxygen atoms in total. The van der Waals surface area contributed by atoms with E-state index in [-0.39, 0.29) is 11.3 Å². The molecule has 16 heavy (non-hydrogen) atoms. The average Bonchev–Trinajstić information content (AvgIpc) is 2.30. The van der Waals surface area contributed by atoms with E-state index in [9.17, 15) is 8.78 Å². The third kappa shape index (κ3) is 3.11. The average molecular weight is 242 g/mol. The summed E-state index contributed by atoms with van der Waals surface area (Å²) in [4.78, 5) is 0. The van der Waals surface area contributed by atoms with E-state index in [1.165, 1.54) is 12.1 Å². The lowest BCUT2D eigenvalue weighted by Crippen LogP contribution is -2.06. The number of rotatable bonds is 5. The van der Waals surface area contributed by atoms with Gasteiger partial charge in [0, 0.05) is 6.54 Å². The van der Waals surface area contributed by atoms with Gasteiger partial charge in [-0.05, 0) is 30.6 Å². The third-order valence-electron chi connectivity index (χ3n) is 2.04. The molecule has 0 aliphatic rings. The first-order valence-electron chi connectivity index (χ1n) is 4.81. The summed E-state index contributed by atoms with van der Waals surface area (Å²) in [5, 5.41) is 11.3. The molecule has 0 heterocycles. The zero-order valence-corrected chi connectivity index (χ0v) is 9.70. The summed E-state index contributed by atoms with van der Waals surface area (Å²) < 4.78 is 26.6. The highest BCUT2D eigenvalue weighted by Gasteiger charge is 2.12. The molecule has 0 saturated heterocycles. The predicted octanol–water partition coefficient (Wildman–Crippen LogP) is 3.00. The van der Waals surface area contributed by atoms with E-state index in [2.05, 4.69) is 5.32 Å². The van der Waals surface area contributed by atoms with Gasteiger partial charge in [0.1, 0.15) is 6.07 Å². The number of nitrogens with zero attached hydrogens (tertiary/aromatic N) is 1. The molecule has 0 bridgehead atoms. The zero-order chi connectivity index (χ0) is 12.0. The van der Waals surface area contributed by atoms with Crippen molar-refractivity contribution in [1.29, 1.82) is 5.26 Å². The second kappa shape index (κ2) is 6.33. The Bertz CT molecular complexity index is 402. The molecule has 0 fully saturated rings. The number of benzene rings is 1. The second-order valence-electron chi connectivity index (χ2n) is 3.17. The highest BCUT2D eigenvalue weighted by atomic mass is 32.2. The van der Waals surface area contributed by atoms with Crippen molar-refractivity contribution in [2.24, 2.45) is 0 Å². The zero-order valence-electron chi connectivity index (χ0n) is 8.89. The van der Waals surface area contributed by atoms with E-state index in [4.69, 9.17) is 5.26 Å². The molecular formula is C11H12F2N2S. The Balaban J connectivity index is 2.68. The first kappa shape index (κ1) is 12.8. The van der Waals surface area contributed by atoms with Gasteiger partial charge in [0.2, 0.25) is 0 Å². The molecule has 1 N–H and O–H groups in total. The summed E-state index contributed by atoms with van der Waals surface area (Å²) in [5.74, 6) is -1.10. The van der Waals surface area contributed by atoms with E-state index in [1.54, 1.807) is 17.8 Å². The molecule has 0 aliphatic heterocycles. The quantitative estimate of drug-likeness (QED) is 0.806. The molecule has 0 spiro atoms. The Labute approximate surface area is 97.7 Å². The maximum atomic E-state index is 13.4. The smallest absolute Gasteiger partial charge is 0.183 e. The lowest BCUT2D eigenvalue weighted by atomic mass is 10.2. The van der Waals surface area contributed by atoms with Crippen molar-refractivity contribution in [3.63, 3.8) is 0 Å². The van der Waals surface area contributed by atoms with Gasteiger partial charge < -0.3 is 5.32 Å². The summed E-state index contributed by atoms with van der Waals surface area (Å²) in [7, 11) is 0. The van der Waals surface area contributed by atoms with Crippen LogP contribution < -0.4 is 5.32 Å². The number of anilines is 1. The van der Waals surface area contributed by atoms with Crippen molar-refractivity contribution < 1.29 is 8.78 Å². The lowest BCUT2D eigenvalue weighted by molar-refractivity contribution is 0.508. The fourth-order valence-electron chi connectivity index (χ4n) is 1.21. The minimum Gasteiger partial charge on any atom is -0.383 e. The van der Waals surface area contributed by atoms with E-state index < -0.39 is 11.6 Å². The van der Waals surface area contributed by atoms with Gasteiger partial charge in [-0.15, -0.1) is 0 Å². The van der Waals surface area contributed by atoms with Gasteiger partial charge in [0.15, 0.2) is 11.6 Å². The highest BCUT2D eigenvalue weighted by Crippen LogP contribution is 2.20. The van der Waals surface area contributed by atoms with Crippen LogP contribution in [0.5, 0.6) is 0 Å². The normalized spacial score (nSPS) is 9.88. The van der Waals surface area contributed by atoms with Gasteiger partial charge in [-0.3, -0.25) is 0 Å². The molecule has 1 aromatic carbocycles. The minimum absolute atomic E-state index is 0.109. The van der Waals surface area contributed by atoms with Crippen molar-refractivity contribution in [2.45, 2.75) is 6.42 Å². The number of nitriles is 1. The van der Waals surface area contributed by atoms with Crippen LogP contribution >= 0.6 is 11.8 Å². The van der Waals surface area contributed by atoms with Crippen LogP contribution in [-0.2, 0) is 0 Å². The Morgan fingerprint density at radius 3 is 2.75 bits per heavy atom. The van der Waals surface area contributed by atoms with Crippen LogP contribution in [0.25, 0.3) is 0 Å². The fraction of sp³-hybridized carbons (Fsp3) is 0.364. The summed E-state index contributed by atoms with van der Waals surface area (Å²) in [6.07, 6.45) is 2.87. The molecule has 0 aromatic heterocycles. The molecule has 86 valence electrons. The van der Waals surface area contributed by atoms with Gasteiger partial charge in [0.05, 0.1) is 11.3 Å². The van der Waals surface area contributed by atoms with Crippen molar-refractivity contribution in [3.8, 4) is 6.07 Å². The maximum Gasteiger partial charge on any atom is 0.183 e. The molecule has 1 rings (SSSR count). The summed E-state index contributed by atoms with van der Waals surface area (Å²) >= 11 is 1.70. The van der Waals surface area contributed by atoms with E-state index in [0.29, 0.717) is 6.54 Å². The molecule has 0 aliphatic carbocycles. The number of hydrogen-bond donors (Lipinski definition) is 1. The molecule has 0 amide bonds. The van der Waals surface area contributed by atoms with E-state index in [1.807, 2.05) is 6.26 Å². The standard InChI is InChI=1S/C11H12F2N2S/c1-16-6-2-5-15-9-4-3-8(7-14)10(12)11(9)13/h3-4,15H,2,5-6H2,1H3. The Morgan fingerprint density at radius 2 is 2.12 bits per heavy atom. The molecule has 0 saturated carbocycles. The fourth-order valence-corrected chi connectivity index (χ4v) is 1.64. The number of thioether (sulfide) groups is 1. The highest BCUT2D eigenvalue weighted by molar-refractivity contribution is 7.98. The summed E-state index contributed by atoms with van der Waals surface area (Å²) in [6, 6.07) is 4.25. The predicted molar refractivity (Wildman–Crippen MR) is 62.6 cm³/mol. The van der Waals surface area contributed by atoms with Gasteiger partial charge in [-0.1, -0.05) is 0 Å². The van der Waals surface area contributed by atoms with Gasteiger partial charge in [-0.2, -0.15) is 17.0 Å². The first-order chi connectivity index (χ1) is 7.70. The molecule has 0 unspecified atom stereocenters. The summed E-state index contributed by atoms with van der Waals surface area (Å²) in [5.41, 5.74) is -0.162. The number of nitrogens with one attached hydrogen (secondary N) is 1. The molecule has 0 atom stereocenters. The van der Waals surface area contributed by atoms with Crippen LogP contribution in [0.4, 0.5) is 14.5 Å². The minimum atomic E-state index is -1.09. The largest absolute Gasteiger partial charge is 0.383 e. The van der Waals surface area contributed by atoms with Crippen LogP contribution in [0, 0.1) is 23.0 Å². The first-order valence-corrected chi connectivity index (χ1v) is 6.21. The Morgan fingerprint density at radius 1 is 1.38 bits per heavy atom. The number of hydrogen-bond acceptors (Lipinski definition) is 3. The van der Waals surface area contributed by atoms with Gasteiger partial charge in [0.25, 0.3) is 0 Å². The topological polar surface area (TPSA) is 35.8 Å².